The lowest BCUT2D eigenvalue weighted by Gasteiger charge is -2.22. The van der Waals surface area contributed by atoms with Crippen molar-refractivity contribution in [3.05, 3.63) is 63.7 Å². The maximum absolute atomic E-state index is 13.3. The Bertz CT molecular complexity index is 1220. The van der Waals surface area contributed by atoms with Gasteiger partial charge in [0.05, 0.1) is 25.1 Å². The molecule has 4 rings (SSSR count). The van der Waals surface area contributed by atoms with Gasteiger partial charge < -0.3 is 14.4 Å². The molecule has 1 aromatic heterocycles. The minimum absolute atomic E-state index is 0.00595. The molecule has 1 amide bonds. The van der Waals surface area contributed by atoms with Crippen molar-refractivity contribution in [2.45, 2.75) is 52.1 Å². The van der Waals surface area contributed by atoms with Crippen LogP contribution in [0.15, 0.2) is 41.2 Å². The van der Waals surface area contributed by atoms with Gasteiger partial charge in [0.25, 0.3) is 11.5 Å². The number of hydrogen-bond donors (Lipinski definition) is 0. The molecule has 0 saturated heterocycles. The van der Waals surface area contributed by atoms with E-state index in [2.05, 4.69) is 0 Å². The van der Waals surface area contributed by atoms with E-state index in [4.69, 9.17) is 14.5 Å². The second-order valence-corrected chi connectivity index (χ2v) is 8.39. The van der Waals surface area contributed by atoms with Crippen molar-refractivity contribution in [1.82, 2.24) is 14.5 Å². The maximum Gasteiger partial charge on any atom is 0.261 e. The van der Waals surface area contributed by atoms with Crippen molar-refractivity contribution < 1.29 is 14.3 Å². The van der Waals surface area contributed by atoms with Crippen LogP contribution < -0.4 is 15.0 Å². The summed E-state index contributed by atoms with van der Waals surface area (Å²) in [6, 6.07) is 10.9. The van der Waals surface area contributed by atoms with Crippen LogP contribution in [0.3, 0.4) is 0 Å². The summed E-state index contributed by atoms with van der Waals surface area (Å²) in [5, 5.41) is 0.568. The van der Waals surface area contributed by atoms with Crippen molar-refractivity contribution in [3.8, 4) is 11.5 Å². The Balaban J connectivity index is 1.63. The first-order valence-electron chi connectivity index (χ1n) is 11.6. The van der Waals surface area contributed by atoms with E-state index in [1.54, 1.807) is 37.3 Å². The molecule has 7 nitrogen and oxygen atoms in total. The average Bonchev–Trinajstić information content (AvgIpc) is 2.82. The molecule has 0 bridgehead atoms. The number of carbonyl (C=O) groups excluding carboxylic acids is 1. The molecule has 33 heavy (non-hydrogen) atoms. The van der Waals surface area contributed by atoms with E-state index in [9.17, 15) is 9.59 Å². The van der Waals surface area contributed by atoms with Crippen molar-refractivity contribution in [2.75, 3.05) is 20.8 Å². The van der Waals surface area contributed by atoms with Crippen molar-refractivity contribution in [3.63, 3.8) is 0 Å². The topological polar surface area (TPSA) is 73.7 Å². The van der Waals surface area contributed by atoms with E-state index >= 15 is 0 Å². The van der Waals surface area contributed by atoms with Gasteiger partial charge in [-0.1, -0.05) is 18.9 Å². The van der Waals surface area contributed by atoms with E-state index in [-0.39, 0.29) is 11.5 Å². The lowest BCUT2D eigenvalue weighted by molar-refractivity contribution is 0.0752. The highest BCUT2D eigenvalue weighted by atomic mass is 16.5. The molecule has 2 heterocycles. The highest BCUT2D eigenvalue weighted by molar-refractivity contribution is 5.97. The molecule has 7 heteroatoms. The van der Waals surface area contributed by atoms with Gasteiger partial charge in [-0.25, -0.2) is 4.98 Å². The number of amides is 1. The summed E-state index contributed by atoms with van der Waals surface area (Å²) in [5.74, 6) is 2.01. The number of aromatic nitrogens is 2. The number of rotatable bonds is 6. The van der Waals surface area contributed by atoms with Crippen LogP contribution in [-0.4, -0.2) is 41.1 Å². The van der Waals surface area contributed by atoms with Crippen molar-refractivity contribution in [2.24, 2.45) is 0 Å². The standard InChI is InChI=1S/C26H31N3O4/c1-4-28(17-18-10-13-22(32-2)23(15-18)33-3)25(30)19-11-12-20-21(16-19)27-24-9-7-5-6-8-14-29(24)26(20)31/h10-13,15-16H,4-9,14,17H2,1-3H3. The second-order valence-electron chi connectivity index (χ2n) is 8.39. The van der Waals surface area contributed by atoms with Gasteiger partial charge in [-0.05, 0) is 55.7 Å². The largest absolute Gasteiger partial charge is 0.493 e. The van der Waals surface area contributed by atoms with Crippen LogP contribution in [0.4, 0.5) is 0 Å². The summed E-state index contributed by atoms with van der Waals surface area (Å²) in [6.07, 6.45) is 5.13. The Kier molecular flexibility index (Phi) is 6.96. The van der Waals surface area contributed by atoms with Gasteiger partial charge >= 0.3 is 0 Å². The van der Waals surface area contributed by atoms with E-state index in [1.165, 1.54) is 0 Å². The maximum atomic E-state index is 13.3. The molecular weight excluding hydrogens is 418 g/mol. The average molecular weight is 450 g/mol. The first kappa shape index (κ1) is 22.8. The lowest BCUT2D eigenvalue weighted by Crippen LogP contribution is -2.30. The number of aryl methyl sites for hydroxylation is 1. The van der Waals surface area contributed by atoms with Crippen LogP contribution in [0.1, 0.15) is 54.4 Å². The first-order chi connectivity index (χ1) is 16.0. The number of nitrogens with zero attached hydrogens (tertiary/aromatic N) is 3. The zero-order valence-corrected chi connectivity index (χ0v) is 19.6. The van der Waals surface area contributed by atoms with Gasteiger partial charge in [0.1, 0.15) is 5.82 Å². The summed E-state index contributed by atoms with van der Waals surface area (Å²) in [7, 11) is 3.19. The smallest absolute Gasteiger partial charge is 0.261 e. The zero-order valence-electron chi connectivity index (χ0n) is 19.6. The molecule has 0 aliphatic carbocycles. The van der Waals surface area contributed by atoms with E-state index in [0.717, 1.165) is 43.5 Å². The van der Waals surface area contributed by atoms with E-state index in [1.807, 2.05) is 29.7 Å². The fraction of sp³-hybridized carbons (Fsp3) is 0.423. The molecule has 0 atom stereocenters. The van der Waals surface area contributed by atoms with E-state index in [0.29, 0.717) is 47.6 Å². The Labute approximate surface area is 194 Å². The molecule has 0 saturated carbocycles. The predicted molar refractivity (Wildman–Crippen MR) is 128 cm³/mol. The molecule has 3 aromatic rings. The SMILES string of the molecule is CCN(Cc1ccc(OC)c(OC)c1)C(=O)c1ccc2c(=O)n3c(nc2c1)CCCCCC3. The number of methoxy groups -OCH3 is 2. The van der Waals surface area contributed by atoms with Gasteiger partial charge in [0.2, 0.25) is 0 Å². The number of fused-ring (bicyclic) bond motifs is 2. The molecule has 0 radical (unpaired) electrons. The number of ether oxygens (including phenoxy) is 2. The van der Waals surface area contributed by atoms with Crippen LogP contribution in [0.2, 0.25) is 0 Å². The molecule has 0 fully saturated rings. The molecule has 1 aliphatic rings. The Hall–Kier alpha value is -3.35. The minimum atomic E-state index is -0.0946. The zero-order chi connectivity index (χ0) is 23.4. The number of carbonyl (C=O) groups is 1. The van der Waals surface area contributed by atoms with Crippen LogP contribution in [0, 0.1) is 0 Å². The summed E-state index contributed by atoms with van der Waals surface area (Å²) in [5.41, 5.74) is 2.07. The Morgan fingerprint density at radius 3 is 2.58 bits per heavy atom. The third kappa shape index (κ3) is 4.72. The lowest BCUT2D eigenvalue weighted by atomic mass is 10.1. The van der Waals surface area contributed by atoms with Gasteiger partial charge in [0.15, 0.2) is 11.5 Å². The van der Waals surface area contributed by atoms with Gasteiger partial charge in [0, 0.05) is 31.6 Å². The molecule has 0 spiro atoms. The minimum Gasteiger partial charge on any atom is -0.493 e. The van der Waals surface area contributed by atoms with Crippen LogP contribution >= 0.6 is 0 Å². The fourth-order valence-electron chi connectivity index (χ4n) is 4.44. The molecule has 174 valence electrons. The van der Waals surface area contributed by atoms with Gasteiger partial charge in [-0.2, -0.15) is 0 Å². The molecule has 1 aliphatic heterocycles. The highest BCUT2D eigenvalue weighted by Gasteiger charge is 2.19. The fourth-order valence-corrected chi connectivity index (χ4v) is 4.44. The summed E-state index contributed by atoms with van der Waals surface area (Å²) in [6.45, 7) is 3.65. The van der Waals surface area contributed by atoms with Gasteiger partial charge in [-0.3, -0.25) is 14.2 Å². The number of hydrogen-bond acceptors (Lipinski definition) is 5. The highest BCUT2D eigenvalue weighted by Crippen LogP contribution is 2.28. The van der Waals surface area contributed by atoms with Gasteiger partial charge in [-0.15, -0.1) is 0 Å². The summed E-state index contributed by atoms with van der Waals surface area (Å²) in [4.78, 5) is 33.0. The first-order valence-corrected chi connectivity index (χ1v) is 11.6. The third-order valence-corrected chi connectivity index (χ3v) is 6.30. The molecular formula is C26H31N3O4. The monoisotopic (exact) mass is 449 g/mol. The Morgan fingerprint density at radius 2 is 1.82 bits per heavy atom. The predicted octanol–water partition coefficient (Wildman–Crippen LogP) is 4.19. The molecule has 0 N–H and O–H groups in total. The summed E-state index contributed by atoms with van der Waals surface area (Å²) >= 11 is 0. The Morgan fingerprint density at radius 1 is 1.03 bits per heavy atom. The molecule has 2 aromatic carbocycles. The quantitative estimate of drug-likeness (QED) is 0.564. The van der Waals surface area contributed by atoms with Crippen molar-refractivity contribution in [1.29, 1.82) is 0 Å². The van der Waals surface area contributed by atoms with Crippen LogP contribution in [0.25, 0.3) is 10.9 Å². The van der Waals surface area contributed by atoms with Crippen molar-refractivity contribution >= 4 is 16.8 Å². The van der Waals surface area contributed by atoms with Crippen LogP contribution in [-0.2, 0) is 19.5 Å². The normalized spacial score (nSPS) is 13.7. The third-order valence-electron chi connectivity index (χ3n) is 6.30. The second kappa shape index (κ2) is 10.1. The number of benzene rings is 2. The summed E-state index contributed by atoms with van der Waals surface area (Å²) < 4.78 is 12.5. The van der Waals surface area contributed by atoms with Crippen LogP contribution in [0.5, 0.6) is 11.5 Å². The molecule has 0 unspecified atom stereocenters. The van der Waals surface area contributed by atoms with E-state index < -0.39 is 0 Å².